The van der Waals surface area contributed by atoms with Gasteiger partial charge in [-0.25, -0.2) is 0 Å². The van der Waals surface area contributed by atoms with Crippen LogP contribution in [0.2, 0.25) is 13.3 Å². The van der Waals surface area contributed by atoms with E-state index in [4.69, 9.17) is 9.15 Å². The van der Waals surface area contributed by atoms with Gasteiger partial charge in [0.1, 0.15) is 0 Å². The minimum absolute atomic E-state index is 0.258. The van der Waals surface area contributed by atoms with Gasteiger partial charge in [-0.05, 0) is 0 Å². The Bertz CT molecular complexity index is 614. The van der Waals surface area contributed by atoms with Crippen LogP contribution in [0.15, 0.2) is 40.8 Å². The Morgan fingerprint density at radius 3 is 1.85 bits per heavy atom. The molecule has 0 saturated carbocycles. The molecule has 0 atom stereocenters. The van der Waals surface area contributed by atoms with Crippen LogP contribution in [0.5, 0.6) is 11.7 Å². The van der Waals surface area contributed by atoms with Gasteiger partial charge in [0.15, 0.2) is 0 Å². The van der Waals surface area contributed by atoms with Crippen molar-refractivity contribution in [2.45, 2.75) is 72.6 Å². The predicted octanol–water partition coefficient (Wildman–Crippen LogP) is 7.27. The van der Waals surface area contributed by atoms with E-state index in [-0.39, 0.29) is 5.82 Å². The van der Waals surface area contributed by atoms with Crippen molar-refractivity contribution in [2.75, 3.05) is 0 Å². The number of rotatable bonds is 12. The first-order chi connectivity index (χ1) is 12.6. The molecule has 26 heavy (non-hydrogen) atoms. The third kappa shape index (κ3) is 6.04. The first kappa shape index (κ1) is 21.3. The fourth-order valence-corrected chi connectivity index (χ4v) is 18.8. The number of hydrogen-bond donors (Lipinski definition) is 0. The molecular weight excluding hydrogens is 434 g/mol. The molecule has 0 aliphatic carbocycles. The molecule has 0 N–H and O–H groups in total. The summed E-state index contributed by atoms with van der Waals surface area (Å²) in [6.45, 7) is 6.84. The molecule has 1 heterocycles. The van der Waals surface area contributed by atoms with E-state index in [9.17, 15) is 4.39 Å². The van der Waals surface area contributed by atoms with Crippen molar-refractivity contribution < 1.29 is 13.5 Å². The van der Waals surface area contributed by atoms with Crippen LogP contribution in [0.3, 0.4) is 0 Å². The summed E-state index contributed by atoms with van der Waals surface area (Å²) in [5.74, 6) is 0.896. The molecule has 0 unspecified atom stereocenters. The maximum absolute atomic E-state index is 13.1. The molecule has 0 amide bonds. The van der Waals surface area contributed by atoms with E-state index in [0.29, 0.717) is 11.7 Å². The molecule has 0 bridgehead atoms. The van der Waals surface area contributed by atoms with Crippen LogP contribution in [0, 0.1) is 5.82 Å². The summed E-state index contributed by atoms with van der Waals surface area (Å²) in [5, 5.41) is 0. The average Bonchev–Trinajstić information content (AvgIpc) is 3.12. The Morgan fingerprint density at radius 2 is 1.35 bits per heavy atom. The third-order valence-electron chi connectivity index (χ3n) is 5.16. The fraction of sp³-hybridized carbons (Fsp3) is 0.545. The Hall–Kier alpha value is -0.971. The van der Waals surface area contributed by atoms with E-state index in [1.165, 1.54) is 67.7 Å². The van der Waals surface area contributed by atoms with Crippen LogP contribution < -0.4 is 8.51 Å². The average molecular weight is 467 g/mol. The zero-order chi connectivity index (χ0) is 18.8. The number of hydrogen-bond acceptors (Lipinski definition) is 2. The molecular formula is C22H33FO2Sn. The molecule has 4 heteroatoms. The van der Waals surface area contributed by atoms with Crippen molar-refractivity contribution in [3.8, 4) is 11.7 Å². The SMILES string of the molecule is CCC[CH2][Sn]([CH2]CCC)([CH2]CCC)[c]1ccc(Oc2ccc(F)cc2)o1. The Labute approximate surface area is 162 Å². The van der Waals surface area contributed by atoms with Crippen molar-refractivity contribution in [1.82, 2.24) is 0 Å². The van der Waals surface area contributed by atoms with Gasteiger partial charge in [0.2, 0.25) is 0 Å². The molecule has 0 fully saturated rings. The van der Waals surface area contributed by atoms with E-state index in [1.54, 1.807) is 12.1 Å². The summed E-state index contributed by atoms with van der Waals surface area (Å²) in [4.78, 5) is 0. The van der Waals surface area contributed by atoms with Crippen molar-refractivity contribution in [2.24, 2.45) is 0 Å². The van der Waals surface area contributed by atoms with E-state index in [0.717, 1.165) is 0 Å². The first-order valence-electron chi connectivity index (χ1n) is 10.2. The second-order valence-electron chi connectivity index (χ2n) is 7.27. The number of ether oxygens (including phenoxy) is 1. The monoisotopic (exact) mass is 468 g/mol. The summed E-state index contributed by atoms with van der Waals surface area (Å²) in [6.07, 6.45) is 7.65. The summed E-state index contributed by atoms with van der Waals surface area (Å²) < 4.78 is 30.5. The Morgan fingerprint density at radius 1 is 0.808 bits per heavy atom. The van der Waals surface area contributed by atoms with Crippen LogP contribution in [0.1, 0.15) is 59.3 Å². The molecule has 2 rings (SSSR count). The van der Waals surface area contributed by atoms with E-state index < -0.39 is 18.4 Å². The van der Waals surface area contributed by atoms with Gasteiger partial charge in [-0.2, -0.15) is 0 Å². The molecule has 0 radical (unpaired) electrons. The first-order valence-corrected chi connectivity index (χ1v) is 17.7. The van der Waals surface area contributed by atoms with Crippen molar-refractivity contribution >= 4 is 22.2 Å². The Balaban J connectivity index is 2.22. The van der Waals surface area contributed by atoms with E-state index in [2.05, 4.69) is 26.8 Å². The standard InChI is InChI=1S/C10H6FO2.3C4H9.Sn/c11-8-3-5-9(6-4-8)13-10-2-1-7-12-10;3*1-3-4-2;/h1-6H;3*1,3-4H2,2H3;. The quantitative estimate of drug-likeness (QED) is 0.307. The number of unbranched alkanes of at least 4 members (excludes halogenated alkanes) is 3. The molecule has 1 aromatic carbocycles. The minimum atomic E-state index is -2.54. The molecule has 0 saturated heterocycles. The van der Waals surface area contributed by atoms with Gasteiger partial charge < -0.3 is 0 Å². The molecule has 144 valence electrons. The number of halogens is 1. The van der Waals surface area contributed by atoms with Gasteiger partial charge in [-0.15, -0.1) is 0 Å². The van der Waals surface area contributed by atoms with Crippen LogP contribution in [-0.2, 0) is 0 Å². The van der Waals surface area contributed by atoms with Gasteiger partial charge >= 0.3 is 162 Å². The summed E-state index contributed by atoms with van der Waals surface area (Å²) in [6, 6.07) is 10.2. The van der Waals surface area contributed by atoms with Gasteiger partial charge in [0, 0.05) is 0 Å². The van der Waals surface area contributed by atoms with Crippen LogP contribution in [0.25, 0.3) is 0 Å². The van der Waals surface area contributed by atoms with Gasteiger partial charge in [-0.1, -0.05) is 0 Å². The molecule has 0 aliphatic rings. The van der Waals surface area contributed by atoms with Crippen LogP contribution >= 0.6 is 0 Å². The normalized spacial score (nSPS) is 11.7. The van der Waals surface area contributed by atoms with Crippen molar-refractivity contribution in [3.63, 3.8) is 0 Å². The van der Waals surface area contributed by atoms with Gasteiger partial charge in [0.05, 0.1) is 0 Å². The number of furan rings is 1. The van der Waals surface area contributed by atoms with Crippen LogP contribution in [-0.4, -0.2) is 18.4 Å². The second kappa shape index (κ2) is 11.0. The number of benzene rings is 1. The zero-order valence-corrected chi connectivity index (χ0v) is 19.4. The van der Waals surface area contributed by atoms with Crippen molar-refractivity contribution in [3.05, 3.63) is 42.2 Å². The summed E-state index contributed by atoms with van der Waals surface area (Å²) in [7, 11) is 0. The fourth-order valence-electron chi connectivity index (χ4n) is 3.57. The Kier molecular flexibility index (Phi) is 9.03. The van der Waals surface area contributed by atoms with Crippen LogP contribution in [0.4, 0.5) is 4.39 Å². The van der Waals surface area contributed by atoms with Crippen molar-refractivity contribution in [1.29, 1.82) is 0 Å². The predicted molar refractivity (Wildman–Crippen MR) is 110 cm³/mol. The third-order valence-corrected chi connectivity index (χ3v) is 20.1. The summed E-state index contributed by atoms with van der Waals surface area (Å²) >= 11 is -2.54. The molecule has 2 nitrogen and oxygen atoms in total. The maximum atomic E-state index is 13.1. The van der Waals surface area contributed by atoms with E-state index in [1.807, 2.05) is 6.07 Å². The topological polar surface area (TPSA) is 22.4 Å². The van der Waals surface area contributed by atoms with Gasteiger partial charge in [-0.3, -0.25) is 0 Å². The molecule has 2 aromatic rings. The second-order valence-corrected chi connectivity index (χ2v) is 20.3. The zero-order valence-electron chi connectivity index (χ0n) is 16.5. The molecule has 1 aromatic heterocycles. The van der Waals surface area contributed by atoms with Gasteiger partial charge in [0.25, 0.3) is 0 Å². The van der Waals surface area contributed by atoms with E-state index >= 15 is 0 Å². The summed E-state index contributed by atoms with van der Waals surface area (Å²) in [5.41, 5.74) is 0. The molecule has 0 spiro atoms. The molecule has 0 aliphatic heterocycles.